The van der Waals surface area contributed by atoms with Crippen LogP contribution in [-0.4, -0.2) is 55.9 Å². The number of methoxy groups -OCH3 is 1. The maximum Gasteiger partial charge on any atom is 0.393 e. The van der Waals surface area contributed by atoms with E-state index in [-0.39, 0.29) is 18.9 Å². The van der Waals surface area contributed by atoms with Crippen LogP contribution in [0.1, 0.15) is 32.1 Å². The second kappa shape index (κ2) is 6.96. The van der Waals surface area contributed by atoms with Crippen LogP contribution in [0.3, 0.4) is 0 Å². The van der Waals surface area contributed by atoms with E-state index < -0.39 is 18.1 Å². The van der Waals surface area contributed by atoms with Crippen molar-refractivity contribution in [2.45, 2.75) is 50.4 Å². The molecule has 1 aliphatic carbocycles. The molecule has 2 unspecified atom stereocenters. The van der Waals surface area contributed by atoms with Crippen molar-refractivity contribution in [3.05, 3.63) is 0 Å². The van der Waals surface area contributed by atoms with Gasteiger partial charge in [-0.2, -0.15) is 13.2 Å². The quantitative estimate of drug-likeness (QED) is 0.762. The average molecular weight is 308 g/mol. The van der Waals surface area contributed by atoms with Crippen LogP contribution >= 0.6 is 0 Å². The number of nitrogens with one attached hydrogen (secondary N) is 1. The molecule has 1 heterocycles. The van der Waals surface area contributed by atoms with E-state index >= 15 is 0 Å². The zero-order valence-corrected chi connectivity index (χ0v) is 12.3. The minimum atomic E-state index is -4.12. The van der Waals surface area contributed by atoms with Gasteiger partial charge in [-0.3, -0.25) is 4.79 Å². The van der Waals surface area contributed by atoms with Crippen molar-refractivity contribution >= 4 is 5.97 Å². The summed E-state index contributed by atoms with van der Waals surface area (Å²) >= 11 is 0. The van der Waals surface area contributed by atoms with Crippen molar-refractivity contribution in [2.24, 2.45) is 5.92 Å². The highest BCUT2D eigenvalue weighted by Gasteiger charge is 2.41. The SMILES string of the molecule is COC(=O)C(CCN1CCCC(C(F)(F)F)C1)NC1CC1. The fourth-order valence-corrected chi connectivity index (χ4v) is 2.78. The maximum absolute atomic E-state index is 12.8. The molecule has 0 aromatic rings. The standard InChI is InChI=1S/C14H23F3N2O2/c1-21-13(20)12(18-11-4-5-11)6-8-19-7-2-3-10(9-19)14(15,16)17/h10-12,18H,2-9H2,1H3. The highest BCUT2D eigenvalue weighted by atomic mass is 19.4. The first kappa shape index (κ1) is 16.5. The lowest BCUT2D eigenvalue weighted by atomic mass is 9.97. The highest BCUT2D eigenvalue weighted by molar-refractivity contribution is 5.75. The van der Waals surface area contributed by atoms with Gasteiger partial charge in [-0.1, -0.05) is 0 Å². The van der Waals surface area contributed by atoms with Gasteiger partial charge in [0, 0.05) is 19.1 Å². The van der Waals surface area contributed by atoms with Crippen molar-refractivity contribution in [1.82, 2.24) is 10.2 Å². The van der Waals surface area contributed by atoms with E-state index in [4.69, 9.17) is 4.74 Å². The van der Waals surface area contributed by atoms with Gasteiger partial charge in [0.2, 0.25) is 0 Å². The summed E-state index contributed by atoms with van der Waals surface area (Å²) in [5.41, 5.74) is 0. The molecule has 1 N–H and O–H groups in total. The van der Waals surface area contributed by atoms with Crippen LogP contribution in [0.4, 0.5) is 13.2 Å². The lowest BCUT2D eigenvalue weighted by Crippen LogP contribution is -2.45. The molecule has 0 bridgehead atoms. The molecule has 2 fully saturated rings. The molecular formula is C14H23F3N2O2. The first-order valence-corrected chi connectivity index (χ1v) is 7.53. The molecule has 0 aromatic heterocycles. The van der Waals surface area contributed by atoms with Gasteiger partial charge in [0.25, 0.3) is 0 Å². The largest absolute Gasteiger partial charge is 0.468 e. The van der Waals surface area contributed by atoms with E-state index in [9.17, 15) is 18.0 Å². The Morgan fingerprint density at radius 1 is 1.38 bits per heavy atom. The number of hydrogen-bond donors (Lipinski definition) is 1. The number of carbonyl (C=O) groups excluding carboxylic acids is 1. The van der Waals surface area contributed by atoms with Crippen molar-refractivity contribution < 1.29 is 22.7 Å². The summed E-state index contributed by atoms with van der Waals surface area (Å²) in [4.78, 5) is 13.5. The summed E-state index contributed by atoms with van der Waals surface area (Å²) < 4.78 is 43.0. The summed E-state index contributed by atoms with van der Waals surface area (Å²) in [5.74, 6) is -1.56. The predicted octanol–water partition coefficient (Wildman–Crippen LogP) is 1.94. The minimum absolute atomic E-state index is 0.0425. The third-order valence-electron chi connectivity index (χ3n) is 4.20. The van der Waals surface area contributed by atoms with Gasteiger partial charge in [-0.25, -0.2) is 0 Å². The van der Waals surface area contributed by atoms with Crippen molar-refractivity contribution in [3.63, 3.8) is 0 Å². The molecule has 1 saturated carbocycles. The number of piperidine rings is 1. The molecule has 2 aliphatic rings. The van der Waals surface area contributed by atoms with E-state index in [1.54, 1.807) is 0 Å². The first-order chi connectivity index (χ1) is 9.90. The Balaban J connectivity index is 1.80. The van der Waals surface area contributed by atoms with Crippen LogP contribution in [0.15, 0.2) is 0 Å². The molecule has 1 aliphatic heterocycles. The molecule has 2 rings (SSSR count). The van der Waals surface area contributed by atoms with Gasteiger partial charge in [0.15, 0.2) is 0 Å². The Morgan fingerprint density at radius 3 is 2.67 bits per heavy atom. The second-order valence-electron chi connectivity index (χ2n) is 5.99. The van der Waals surface area contributed by atoms with Crippen LogP contribution in [0.2, 0.25) is 0 Å². The van der Waals surface area contributed by atoms with E-state index in [1.165, 1.54) is 7.11 Å². The van der Waals surface area contributed by atoms with E-state index in [2.05, 4.69) is 5.32 Å². The molecule has 0 spiro atoms. The summed E-state index contributed by atoms with van der Waals surface area (Å²) in [5, 5.41) is 3.20. The molecule has 21 heavy (non-hydrogen) atoms. The third kappa shape index (κ3) is 5.14. The Bertz CT molecular complexity index is 359. The van der Waals surface area contributed by atoms with Gasteiger partial charge in [0.05, 0.1) is 13.0 Å². The smallest absolute Gasteiger partial charge is 0.393 e. The summed E-state index contributed by atoms with van der Waals surface area (Å²) in [6, 6.07) is -0.0489. The average Bonchev–Trinajstić information content (AvgIpc) is 3.26. The number of hydrogen-bond acceptors (Lipinski definition) is 4. The molecule has 2 atom stereocenters. The zero-order chi connectivity index (χ0) is 15.5. The predicted molar refractivity (Wildman–Crippen MR) is 71.8 cm³/mol. The van der Waals surface area contributed by atoms with Crippen LogP contribution in [0.5, 0.6) is 0 Å². The normalized spacial score (nSPS) is 25.6. The lowest BCUT2D eigenvalue weighted by Gasteiger charge is -2.34. The van der Waals surface area contributed by atoms with Crippen LogP contribution in [0, 0.1) is 5.92 Å². The third-order valence-corrected chi connectivity index (χ3v) is 4.20. The molecule has 1 saturated heterocycles. The van der Waals surface area contributed by atoms with Gasteiger partial charge in [-0.15, -0.1) is 0 Å². The van der Waals surface area contributed by atoms with E-state index in [1.807, 2.05) is 4.90 Å². The molecule has 4 nitrogen and oxygen atoms in total. The van der Waals surface area contributed by atoms with Crippen LogP contribution in [-0.2, 0) is 9.53 Å². The highest BCUT2D eigenvalue weighted by Crippen LogP contribution is 2.33. The fraction of sp³-hybridized carbons (Fsp3) is 0.929. The fourth-order valence-electron chi connectivity index (χ4n) is 2.78. The first-order valence-electron chi connectivity index (χ1n) is 7.53. The van der Waals surface area contributed by atoms with E-state index in [0.717, 1.165) is 12.8 Å². The van der Waals surface area contributed by atoms with Crippen LogP contribution < -0.4 is 5.32 Å². The summed E-state index contributed by atoms with van der Waals surface area (Å²) in [6.07, 6.45) is -0.759. The topological polar surface area (TPSA) is 41.6 Å². The van der Waals surface area contributed by atoms with Gasteiger partial charge in [-0.05, 0) is 38.6 Å². The minimum Gasteiger partial charge on any atom is -0.468 e. The Labute approximate surface area is 123 Å². The van der Waals surface area contributed by atoms with Gasteiger partial charge in [0.1, 0.15) is 6.04 Å². The second-order valence-corrected chi connectivity index (χ2v) is 5.99. The number of alkyl halides is 3. The Morgan fingerprint density at radius 2 is 2.10 bits per heavy atom. The zero-order valence-electron chi connectivity index (χ0n) is 12.3. The molecule has 122 valence electrons. The maximum atomic E-state index is 12.8. The molecule has 0 radical (unpaired) electrons. The summed E-state index contributed by atoms with van der Waals surface area (Å²) in [7, 11) is 1.34. The number of esters is 1. The monoisotopic (exact) mass is 308 g/mol. The van der Waals surface area contributed by atoms with Crippen molar-refractivity contribution in [3.8, 4) is 0 Å². The van der Waals surface area contributed by atoms with Crippen molar-refractivity contribution in [2.75, 3.05) is 26.7 Å². The number of likely N-dealkylation sites (tertiary alicyclic amines) is 1. The van der Waals surface area contributed by atoms with E-state index in [0.29, 0.717) is 32.0 Å². The number of halogens is 3. The number of rotatable bonds is 6. The van der Waals surface area contributed by atoms with Crippen molar-refractivity contribution in [1.29, 1.82) is 0 Å². The Kier molecular flexibility index (Phi) is 5.48. The molecule has 0 amide bonds. The number of carbonyl (C=O) groups is 1. The summed E-state index contributed by atoms with van der Waals surface area (Å²) in [6.45, 7) is 1.21. The van der Waals surface area contributed by atoms with Crippen LogP contribution in [0.25, 0.3) is 0 Å². The number of nitrogens with zero attached hydrogens (tertiary/aromatic N) is 1. The molecule has 0 aromatic carbocycles. The molecular weight excluding hydrogens is 285 g/mol. The van der Waals surface area contributed by atoms with Gasteiger partial charge >= 0.3 is 12.1 Å². The lowest BCUT2D eigenvalue weighted by molar-refractivity contribution is -0.186. The Hall–Kier alpha value is -0.820. The molecule has 7 heteroatoms. The van der Waals surface area contributed by atoms with Gasteiger partial charge < -0.3 is 15.0 Å². The number of ether oxygens (including phenoxy) is 1.